The Morgan fingerprint density at radius 3 is 1.73 bits per heavy atom. The van der Waals surface area contributed by atoms with Crippen LogP contribution in [0.4, 0.5) is 0 Å². The van der Waals surface area contributed by atoms with Gasteiger partial charge < -0.3 is 10.2 Å². The third kappa shape index (κ3) is 7.94. The van der Waals surface area contributed by atoms with E-state index in [0.29, 0.717) is 23.0 Å². The Balaban J connectivity index is 1.64. The lowest BCUT2D eigenvalue weighted by Crippen LogP contribution is -2.50. The minimum atomic E-state index is -0.707. The summed E-state index contributed by atoms with van der Waals surface area (Å²) in [5, 5.41) is 4.27. The van der Waals surface area contributed by atoms with Gasteiger partial charge in [-0.25, -0.2) is 0 Å². The summed E-state index contributed by atoms with van der Waals surface area (Å²) in [4.78, 5) is 29.1. The number of amides is 2. The molecule has 4 aromatic rings. The lowest BCUT2D eigenvalue weighted by Gasteiger charge is -2.32. The third-order valence-electron chi connectivity index (χ3n) is 6.12. The van der Waals surface area contributed by atoms with Crippen molar-refractivity contribution >= 4 is 35.0 Å². The van der Waals surface area contributed by atoms with Crippen LogP contribution in [0.15, 0.2) is 109 Å². The van der Waals surface area contributed by atoms with Gasteiger partial charge in [0, 0.05) is 29.6 Å². The minimum absolute atomic E-state index is 0.145. The summed E-state index contributed by atoms with van der Waals surface area (Å²) < 4.78 is 0. The van der Waals surface area contributed by atoms with Gasteiger partial charge in [-0.05, 0) is 46.5 Å². The molecule has 4 rings (SSSR count). The molecule has 0 bridgehead atoms. The van der Waals surface area contributed by atoms with Crippen LogP contribution in [0.3, 0.4) is 0 Å². The number of hydrogen-bond acceptors (Lipinski definition) is 2. The number of halogens is 2. The van der Waals surface area contributed by atoms with E-state index < -0.39 is 6.04 Å². The summed E-state index contributed by atoms with van der Waals surface area (Å²) in [7, 11) is 0. The van der Waals surface area contributed by atoms with Crippen LogP contribution in [-0.4, -0.2) is 22.8 Å². The van der Waals surface area contributed by atoms with E-state index in [9.17, 15) is 9.59 Å². The molecule has 0 aliphatic heterocycles. The molecule has 0 saturated carbocycles. The molecule has 6 heteroatoms. The first-order valence-corrected chi connectivity index (χ1v) is 12.9. The molecule has 0 radical (unpaired) electrons. The van der Waals surface area contributed by atoms with E-state index in [1.54, 1.807) is 29.2 Å². The first-order valence-electron chi connectivity index (χ1n) is 12.1. The summed E-state index contributed by atoms with van der Waals surface area (Å²) in [6.07, 6.45) is 0.545. The highest BCUT2D eigenvalue weighted by Crippen LogP contribution is 2.19. The molecule has 0 aliphatic carbocycles. The van der Waals surface area contributed by atoms with E-state index in [1.165, 1.54) is 0 Å². The second-order valence-electron chi connectivity index (χ2n) is 8.86. The molecule has 0 aromatic heterocycles. The minimum Gasteiger partial charge on any atom is -0.350 e. The van der Waals surface area contributed by atoms with Crippen molar-refractivity contribution in [3.63, 3.8) is 0 Å². The number of carbonyl (C=O) groups excluding carboxylic acids is 2. The van der Waals surface area contributed by atoms with Crippen LogP contribution in [0.1, 0.15) is 22.3 Å². The van der Waals surface area contributed by atoms with Crippen molar-refractivity contribution in [1.29, 1.82) is 0 Å². The molecule has 0 spiro atoms. The summed E-state index contributed by atoms with van der Waals surface area (Å²) >= 11 is 12.1. The standard InChI is InChI=1S/C31H28Cl2N2O2/c32-27-15-11-24(12-16-27)20-30(36)35(22-26-13-17-28(33)18-14-26)29(19-23-7-3-1-4-8-23)31(37)34-21-25-9-5-2-6-10-25/h1-18,29H,19-22H2,(H,34,37)/t29-/m1/s1. The Morgan fingerprint density at radius 2 is 1.16 bits per heavy atom. The Hall–Kier alpha value is -3.60. The molecule has 188 valence electrons. The molecule has 0 unspecified atom stereocenters. The fourth-order valence-corrected chi connectivity index (χ4v) is 4.37. The number of carbonyl (C=O) groups is 2. The fourth-order valence-electron chi connectivity index (χ4n) is 4.12. The van der Waals surface area contributed by atoms with Crippen molar-refractivity contribution in [2.45, 2.75) is 32.0 Å². The van der Waals surface area contributed by atoms with E-state index in [0.717, 1.165) is 22.3 Å². The SMILES string of the molecule is O=C(NCc1ccccc1)[C@@H](Cc1ccccc1)N(Cc1ccc(Cl)cc1)C(=O)Cc1ccc(Cl)cc1. The first kappa shape index (κ1) is 26.5. The highest BCUT2D eigenvalue weighted by atomic mass is 35.5. The van der Waals surface area contributed by atoms with Gasteiger partial charge in [0.15, 0.2) is 0 Å². The van der Waals surface area contributed by atoms with E-state index in [4.69, 9.17) is 23.2 Å². The van der Waals surface area contributed by atoms with E-state index in [2.05, 4.69) is 5.32 Å². The number of rotatable bonds is 10. The number of nitrogens with one attached hydrogen (secondary N) is 1. The maximum absolute atomic E-state index is 13.8. The van der Waals surface area contributed by atoms with Crippen molar-refractivity contribution < 1.29 is 9.59 Å². The average molecular weight is 531 g/mol. The van der Waals surface area contributed by atoms with Gasteiger partial charge in [-0.15, -0.1) is 0 Å². The highest BCUT2D eigenvalue weighted by Gasteiger charge is 2.30. The zero-order valence-electron chi connectivity index (χ0n) is 20.3. The predicted molar refractivity (Wildman–Crippen MR) is 149 cm³/mol. The molecule has 0 heterocycles. The van der Waals surface area contributed by atoms with Gasteiger partial charge in [0.25, 0.3) is 0 Å². The maximum Gasteiger partial charge on any atom is 0.243 e. The van der Waals surface area contributed by atoms with E-state index in [-0.39, 0.29) is 24.8 Å². The lowest BCUT2D eigenvalue weighted by atomic mass is 10.0. The lowest BCUT2D eigenvalue weighted by molar-refractivity contribution is -0.140. The molecule has 0 fully saturated rings. The summed E-state index contributed by atoms with van der Waals surface area (Å²) in [6.45, 7) is 0.658. The number of nitrogens with zero attached hydrogens (tertiary/aromatic N) is 1. The van der Waals surface area contributed by atoms with Crippen LogP contribution in [-0.2, 0) is 35.5 Å². The van der Waals surface area contributed by atoms with Crippen LogP contribution in [0.5, 0.6) is 0 Å². The first-order chi connectivity index (χ1) is 18.0. The molecular formula is C31H28Cl2N2O2. The molecule has 4 aromatic carbocycles. The molecule has 2 amide bonds. The van der Waals surface area contributed by atoms with Crippen molar-refractivity contribution in [3.8, 4) is 0 Å². The van der Waals surface area contributed by atoms with E-state index in [1.807, 2.05) is 84.9 Å². The molecule has 0 aliphatic rings. The summed E-state index contributed by atoms with van der Waals surface area (Å²) in [5.74, 6) is -0.348. The Labute approximate surface area is 227 Å². The van der Waals surface area contributed by atoms with Gasteiger partial charge in [0.1, 0.15) is 6.04 Å². The second kappa shape index (κ2) is 13.1. The third-order valence-corrected chi connectivity index (χ3v) is 6.62. The molecule has 37 heavy (non-hydrogen) atoms. The van der Waals surface area contributed by atoms with Gasteiger partial charge in [-0.1, -0.05) is 108 Å². The topological polar surface area (TPSA) is 49.4 Å². The molecule has 4 nitrogen and oxygen atoms in total. The largest absolute Gasteiger partial charge is 0.350 e. The summed E-state index contributed by atoms with van der Waals surface area (Å²) in [5.41, 5.74) is 3.69. The number of hydrogen-bond donors (Lipinski definition) is 1. The molecular weight excluding hydrogens is 503 g/mol. The van der Waals surface area contributed by atoms with Crippen molar-refractivity contribution in [3.05, 3.63) is 141 Å². The normalized spacial score (nSPS) is 11.5. The average Bonchev–Trinajstić information content (AvgIpc) is 2.92. The molecule has 1 atom stereocenters. The molecule has 1 N–H and O–H groups in total. The quantitative estimate of drug-likeness (QED) is 0.254. The number of benzene rings is 4. The Bertz CT molecular complexity index is 1290. The second-order valence-corrected chi connectivity index (χ2v) is 9.73. The van der Waals surface area contributed by atoms with Gasteiger partial charge in [0.05, 0.1) is 6.42 Å². The van der Waals surface area contributed by atoms with Crippen molar-refractivity contribution in [2.75, 3.05) is 0 Å². The van der Waals surface area contributed by atoms with Gasteiger partial charge in [0.2, 0.25) is 11.8 Å². The summed E-state index contributed by atoms with van der Waals surface area (Å²) in [6, 6.07) is 33.3. The highest BCUT2D eigenvalue weighted by molar-refractivity contribution is 6.30. The van der Waals surface area contributed by atoms with Gasteiger partial charge >= 0.3 is 0 Å². The van der Waals surface area contributed by atoms with Crippen LogP contribution >= 0.6 is 23.2 Å². The predicted octanol–water partition coefficient (Wildman–Crippen LogP) is 6.49. The zero-order chi connectivity index (χ0) is 26.0. The van der Waals surface area contributed by atoms with Crippen LogP contribution in [0, 0.1) is 0 Å². The zero-order valence-corrected chi connectivity index (χ0v) is 21.8. The van der Waals surface area contributed by atoms with Crippen LogP contribution < -0.4 is 5.32 Å². The van der Waals surface area contributed by atoms with Crippen molar-refractivity contribution in [1.82, 2.24) is 10.2 Å². The van der Waals surface area contributed by atoms with Crippen molar-refractivity contribution in [2.24, 2.45) is 0 Å². The molecule has 0 saturated heterocycles. The van der Waals surface area contributed by atoms with Crippen LogP contribution in [0.25, 0.3) is 0 Å². The van der Waals surface area contributed by atoms with Crippen LogP contribution in [0.2, 0.25) is 10.0 Å². The monoisotopic (exact) mass is 530 g/mol. The Kier molecular flexibility index (Phi) is 9.36. The fraction of sp³-hybridized carbons (Fsp3) is 0.161. The Morgan fingerprint density at radius 1 is 0.649 bits per heavy atom. The van der Waals surface area contributed by atoms with E-state index >= 15 is 0 Å². The van der Waals surface area contributed by atoms with Gasteiger partial charge in [-0.2, -0.15) is 0 Å². The maximum atomic E-state index is 13.8. The van der Waals surface area contributed by atoms with Gasteiger partial charge in [-0.3, -0.25) is 9.59 Å². The smallest absolute Gasteiger partial charge is 0.243 e.